The molecular weight excluding hydrogens is 202 g/mol. The van der Waals surface area contributed by atoms with Gasteiger partial charge in [0.15, 0.2) is 6.54 Å². The molecule has 0 aromatic heterocycles. The molecule has 1 aliphatic rings. The minimum absolute atomic E-state index is 0.0322. The highest BCUT2D eigenvalue weighted by molar-refractivity contribution is 5.78. The smallest absolute Gasteiger partial charge is 0.247 e. The lowest BCUT2D eigenvalue weighted by Crippen LogP contribution is -2.41. The maximum atomic E-state index is 10.7. The van der Waals surface area contributed by atoms with Crippen molar-refractivity contribution in [2.75, 3.05) is 13.3 Å². The highest BCUT2D eigenvalue weighted by Crippen LogP contribution is 2.29. The summed E-state index contributed by atoms with van der Waals surface area (Å²) in [5.74, 6) is -0.901. The Morgan fingerprint density at radius 3 is 2.67 bits per heavy atom. The van der Waals surface area contributed by atoms with Crippen LogP contribution in [0.25, 0.3) is 0 Å². The van der Waals surface area contributed by atoms with E-state index < -0.39 is 12.5 Å². The average Bonchev–Trinajstić information content (AvgIpc) is 2.08. The molecule has 3 N–H and O–H groups in total. The quantitative estimate of drug-likeness (QED) is 0.442. The third-order valence-electron chi connectivity index (χ3n) is 2.29. The van der Waals surface area contributed by atoms with Crippen molar-refractivity contribution in [3.05, 3.63) is 4.91 Å². The summed E-state index contributed by atoms with van der Waals surface area (Å²) in [5.41, 5.74) is 5.07. The number of nitrogens with zero attached hydrogens (tertiary/aromatic N) is 1. The van der Waals surface area contributed by atoms with Crippen LogP contribution in [0.1, 0.15) is 12.8 Å². The number of primary amides is 1. The normalized spacial score (nSPS) is 24.0. The average molecular weight is 215 g/mol. The van der Waals surface area contributed by atoms with Gasteiger partial charge in [0, 0.05) is 5.92 Å². The fourth-order valence-corrected chi connectivity index (χ4v) is 1.29. The van der Waals surface area contributed by atoms with Crippen LogP contribution in [0.5, 0.6) is 0 Å². The van der Waals surface area contributed by atoms with Crippen LogP contribution in [-0.4, -0.2) is 31.2 Å². The first-order valence-electron chi connectivity index (χ1n) is 4.60. The molecule has 1 aliphatic carbocycles. The molecule has 0 unspecified atom stereocenters. The molecule has 15 heavy (non-hydrogen) atoms. The Kier molecular flexibility index (Phi) is 4.17. The number of hydrogen-bond donors (Lipinski definition) is 2. The maximum Gasteiger partial charge on any atom is 0.247 e. The number of carbonyl (C=O) groups excluding carboxylic acids is 2. The van der Waals surface area contributed by atoms with Crippen molar-refractivity contribution in [2.24, 2.45) is 16.8 Å². The zero-order valence-electron chi connectivity index (χ0n) is 8.14. The lowest BCUT2D eigenvalue weighted by atomic mass is 9.82. The molecule has 84 valence electrons. The van der Waals surface area contributed by atoms with E-state index in [0.717, 1.165) is 0 Å². The lowest BCUT2D eigenvalue weighted by molar-refractivity contribution is -0.133. The van der Waals surface area contributed by atoms with Crippen molar-refractivity contribution >= 4 is 11.8 Å². The number of hydrogen-bond acceptors (Lipinski definition) is 5. The molecule has 0 aromatic rings. The van der Waals surface area contributed by atoms with Gasteiger partial charge in [-0.05, 0) is 12.8 Å². The Balaban J connectivity index is 2.01. The molecule has 0 radical (unpaired) electrons. The molecule has 7 heteroatoms. The van der Waals surface area contributed by atoms with Crippen molar-refractivity contribution in [1.82, 2.24) is 5.32 Å². The van der Waals surface area contributed by atoms with Gasteiger partial charge in [0.2, 0.25) is 11.8 Å². The molecule has 2 amide bonds. The fourth-order valence-electron chi connectivity index (χ4n) is 1.29. The number of carbonyl (C=O) groups is 2. The highest BCUT2D eigenvalue weighted by atomic mass is 16.5. The van der Waals surface area contributed by atoms with E-state index in [1.807, 2.05) is 0 Å². The Labute approximate surface area is 86.3 Å². The van der Waals surface area contributed by atoms with E-state index in [1.165, 1.54) is 0 Å². The van der Waals surface area contributed by atoms with Crippen LogP contribution < -0.4 is 11.1 Å². The molecule has 0 spiro atoms. The third kappa shape index (κ3) is 3.62. The van der Waals surface area contributed by atoms with E-state index in [1.54, 1.807) is 0 Å². The van der Waals surface area contributed by atoms with Gasteiger partial charge in [-0.2, -0.15) is 4.91 Å². The minimum atomic E-state index is -0.476. The van der Waals surface area contributed by atoms with Gasteiger partial charge in [0.05, 0.1) is 6.10 Å². The van der Waals surface area contributed by atoms with Crippen molar-refractivity contribution < 1.29 is 14.3 Å². The van der Waals surface area contributed by atoms with Crippen molar-refractivity contribution in [3.63, 3.8) is 0 Å². The molecule has 0 atom stereocenters. The third-order valence-corrected chi connectivity index (χ3v) is 2.29. The molecule has 0 bridgehead atoms. The summed E-state index contributed by atoms with van der Waals surface area (Å²) in [7, 11) is 0. The van der Waals surface area contributed by atoms with E-state index in [2.05, 4.69) is 10.5 Å². The predicted molar refractivity (Wildman–Crippen MR) is 50.5 cm³/mol. The summed E-state index contributed by atoms with van der Waals surface area (Å²) in [4.78, 5) is 31.1. The second-order valence-electron chi connectivity index (χ2n) is 3.39. The molecule has 1 saturated carbocycles. The largest absolute Gasteiger partial charge is 0.369 e. The van der Waals surface area contributed by atoms with E-state index in [4.69, 9.17) is 10.5 Å². The van der Waals surface area contributed by atoms with Crippen molar-refractivity contribution in [3.8, 4) is 0 Å². The molecule has 0 aromatic carbocycles. The number of nitroso groups, excluding NO2 is 1. The van der Waals surface area contributed by atoms with E-state index >= 15 is 0 Å². The topological polar surface area (TPSA) is 111 Å². The fraction of sp³-hybridized carbons (Fsp3) is 0.750. The minimum Gasteiger partial charge on any atom is -0.369 e. The van der Waals surface area contributed by atoms with Crippen LogP contribution in [0.3, 0.4) is 0 Å². The van der Waals surface area contributed by atoms with Crippen LogP contribution in [-0.2, 0) is 14.3 Å². The second kappa shape index (κ2) is 5.40. The molecular formula is C8H13N3O4. The van der Waals surface area contributed by atoms with Crippen molar-refractivity contribution in [2.45, 2.75) is 18.9 Å². The first kappa shape index (κ1) is 11.6. The maximum absolute atomic E-state index is 10.7. The van der Waals surface area contributed by atoms with E-state index in [0.29, 0.717) is 12.8 Å². The number of ether oxygens (including phenoxy) is 1. The van der Waals surface area contributed by atoms with Gasteiger partial charge >= 0.3 is 0 Å². The van der Waals surface area contributed by atoms with E-state index in [9.17, 15) is 14.5 Å². The van der Waals surface area contributed by atoms with Gasteiger partial charge < -0.3 is 15.8 Å². The van der Waals surface area contributed by atoms with E-state index in [-0.39, 0.29) is 24.7 Å². The monoisotopic (exact) mass is 215 g/mol. The Bertz CT molecular complexity index is 263. The highest BCUT2D eigenvalue weighted by Gasteiger charge is 2.33. The molecule has 0 saturated heterocycles. The van der Waals surface area contributed by atoms with Gasteiger partial charge in [0.1, 0.15) is 6.73 Å². The van der Waals surface area contributed by atoms with Gasteiger partial charge in [0.25, 0.3) is 0 Å². The summed E-state index contributed by atoms with van der Waals surface area (Å²) >= 11 is 0. The first-order valence-corrected chi connectivity index (χ1v) is 4.60. The number of nitrogens with two attached hydrogens (primary N) is 1. The summed E-state index contributed by atoms with van der Waals surface area (Å²) in [6.45, 7) is -0.373. The molecule has 0 aliphatic heterocycles. The Hall–Kier alpha value is -1.50. The van der Waals surface area contributed by atoms with Crippen LogP contribution in [0.2, 0.25) is 0 Å². The van der Waals surface area contributed by atoms with Crippen LogP contribution in [0, 0.1) is 10.8 Å². The number of amides is 2. The number of rotatable bonds is 6. The zero-order chi connectivity index (χ0) is 11.3. The van der Waals surface area contributed by atoms with Gasteiger partial charge in [-0.15, -0.1) is 0 Å². The number of nitrogens with one attached hydrogen (secondary N) is 1. The van der Waals surface area contributed by atoms with Gasteiger partial charge in [-0.3, -0.25) is 9.59 Å². The zero-order valence-corrected chi connectivity index (χ0v) is 8.14. The lowest BCUT2D eigenvalue weighted by Gasteiger charge is -2.32. The molecule has 1 rings (SSSR count). The SMILES string of the molecule is NC(=O)C1CC(OCNC(=O)CN=O)C1. The van der Waals surface area contributed by atoms with Crippen LogP contribution in [0.4, 0.5) is 0 Å². The second-order valence-corrected chi connectivity index (χ2v) is 3.39. The Morgan fingerprint density at radius 1 is 1.47 bits per heavy atom. The van der Waals surface area contributed by atoms with Gasteiger partial charge in [-0.1, -0.05) is 5.18 Å². The van der Waals surface area contributed by atoms with Gasteiger partial charge in [-0.25, -0.2) is 0 Å². The predicted octanol–water partition coefficient (Wildman–Crippen LogP) is -0.893. The first-order chi connectivity index (χ1) is 7.13. The summed E-state index contributed by atoms with van der Waals surface area (Å²) in [6.07, 6.45) is 1.15. The molecule has 7 nitrogen and oxygen atoms in total. The Morgan fingerprint density at radius 2 is 2.13 bits per heavy atom. The van der Waals surface area contributed by atoms with Crippen LogP contribution in [0.15, 0.2) is 5.18 Å². The molecule has 1 fully saturated rings. The standard InChI is InChI=1S/C8H13N3O4/c9-8(13)5-1-6(2-5)15-4-10-7(12)3-11-14/h5-6H,1-4H2,(H2,9,13)(H,10,12). The van der Waals surface area contributed by atoms with Crippen molar-refractivity contribution in [1.29, 1.82) is 0 Å². The summed E-state index contributed by atoms with van der Waals surface area (Å²) in [6, 6.07) is 0. The summed E-state index contributed by atoms with van der Waals surface area (Å²) in [5, 5.41) is 4.78. The van der Waals surface area contributed by atoms with Crippen LogP contribution >= 0.6 is 0 Å². The summed E-state index contributed by atoms with van der Waals surface area (Å²) < 4.78 is 5.19. The molecule has 0 heterocycles.